The molecule has 0 radical (unpaired) electrons. The second kappa shape index (κ2) is 7.59. The average Bonchev–Trinajstić information content (AvgIpc) is 2.81. The number of piperidine rings is 1. The van der Waals surface area contributed by atoms with Gasteiger partial charge in [-0.25, -0.2) is 0 Å². The van der Waals surface area contributed by atoms with Gasteiger partial charge in [-0.2, -0.15) is 0 Å². The van der Waals surface area contributed by atoms with Crippen molar-refractivity contribution in [1.82, 2.24) is 9.88 Å². The summed E-state index contributed by atoms with van der Waals surface area (Å²) in [5.74, 6) is 0. The van der Waals surface area contributed by atoms with Gasteiger partial charge in [0, 0.05) is 30.4 Å². The highest BCUT2D eigenvalue weighted by atomic mass is 15.1. The Hall–Kier alpha value is -2.19. The molecule has 2 aromatic rings. The van der Waals surface area contributed by atoms with Gasteiger partial charge >= 0.3 is 0 Å². The van der Waals surface area contributed by atoms with Gasteiger partial charge in [0.15, 0.2) is 0 Å². The van der Waals surface area contributed by atoms with E-state index in [0.717, 1.165) is 31.6 Å². The molecule has 124 valence electrons. The van der Waals surface area contributed by atoms with Crippen molar-refractivity contribution in [3.63, 3.8) is 0 Å². The zero-order chi connectivity index (χ0) is 16.9. The van der Waals surface area contributed by atoms with Crippen LogP contribution in [0, 0.1) is 0 Å². The number of hydrogen-bond donors (Lipinski definition) is 0. The molecule has 0 unspecified atom stereocenters. The zero-order valence-electron chi connectivity index (χ0n) is 14.9. The second-order valence-corrected chi connectivity index (χ2v) is 6.14. The van der Waals surface area contributed by atoms with Crippen molar-refractivity contribution < 1.29 is 0 Å². The quantitative estimate of drug-likeness (QED) is 0.572. The van der Waals surface area contributed by atoms with Crippen LogP contribution in [0.3, 0.4) is 0 Å². The summed E-state index contributed by atoms with van der Waals surface area (Å²) in [6.07, 6.45) is 8.60. The van der Waals surface area contributed by atoms with Crippen LogP contribution < -0.4 is 0 Å². The van der Waals surface area contributed by atoms with Crippen molar-refractivity contribution in [2.45, 2.75) is 26.7 Å². The minimum atomic E-state index is 1.14. The van der Waals surface area contributed by atoms with Gasteiger partial charge in [0.2, 0.25) is 0 Å². The minimum Gasteiger partial charge on any atom is -0.306 e. The number of aromatic nitrogens is 1. The van der Waals surface area contributed by atoms with Crippen LogP contribution in [0.15, 0.2) is 48.2 Å². The van der Waals surface area contributed by atoms with Gasteiger partial charge in [-0.1, -0.05) is 61.9 Å². The van der Waals surface area contributed by atoms with Crippen molar-refractivity contribution >= 4 is 17.7 Å². The minimum absolute atomic E-state index is 1.14. The predicted molar refractivity (Wildman–Crippen MR) is 104 cm³/mol. The van der Waals surface area contributed by atoms with Gasteiger partial charge in [0.05, 0.1) is 5.69 Å². The zero-order valence-corrected chi connectivity index (χ0v) is 14.9. The third kappa shape index (κ3) is 3.20. The van der Waals surface area contributed by atoms with E-state index in [9.17, 15) is 0 Å². The Bertz CT molecular complexity index is 710. The van der Waals surface area contributed by atoms with Gasteiger partial charge in [-0.3, -0.25) is 4.98 Å². The summed E-state index contributed by atoms with van der Waals surface area (Å²) < 4.78 is 0. The lowest BCUT2D eigenvalue weighted by molar-refractivity contribution is 0.313. The number of pyridine rings is 1. The molecule has 0 atom stereocenters. The van der Waals surface area contributed by atoms with Crippen molar-refractivity contribution in [2.24, 2.45) is 0 Å². The van der Waals surface area contributed by atoms with Crippen molar-refractivity contribution in [1.29, 1.82) is 0 Å². The smallest absolute Gasteiger partial charge is 0.0780 e. The van der Waals surface area contributed by atoms with E-state index in [4.69, 9.17) is 4.98 Å². The summed E-state index contributed by atoms with van der Waals surface area (Å²) in [5.41, 5.74) is 7.90. The fourth-order valence-electron chi connectivity index (χ4n) is 3.43. The maximum absolute atomic E-state index is 4.73. The van der Waals surface area contributed by atoms with E-state index in [0.29, 0.717) is 0 Å². The molecule has 1 saturated heterocycles. The molecule has 4 rings (SSSR count). The topological polar surface area (TPSA) is 16.1 Å². The number of likely N-dealkylation sites (tertiary alicyclic amines) is 1. The van der Waals surface area contributed by atoms with Crippen molar-refractivity contribution in [3.05, 3.63) is 70.6 Å². The molecule has 24 heavy (non-hydrogen) atoms. The number of rotatable bonds is 0. The maximum atomic E-state index is 4.73. The van der Waals surface area contributed by atoms with E-state index >= 15 is 0 Å². The maximum Gasteiger partial charge on any atom is 0.0780 e. The number of benzene rings is 1. The molecule has 0 amide bonds. The summed E-state index contributed by atoms with van der Waals surface area (Å²) in [6, 6.07) is 12.9. The molecule has 1 fully saturated rings. The Morgan fingerprint density at radius 3 is 2.33 bits per heavy atom. The molecule has 2 heteroatoms. The molecule has 0 spiro atoms. The van der Waals surface area contributed by atoms with E-state index in [1.165, 1.54) is 22.3 Å². The third-order valence-electron chi connectivity index (χ3n) is 4.69. The summed E-state index contributed by atoms with van der Waals surface area (Å²) >= 11 is 0. The van der Waals surface area contributed by atoms with E-state index in [1.807, 2.05) is 26.1 Å². The summed E-state index contributed by atoms with van der Waals surface area (Å²) in [5, 5.41) is 0. The molecular weight excluding hydrogens is 292 g/mol. The molecule has 0 saturated carbocycles. The van der Waals surface area contributed by atoms with Crippen LogP contribution >= 0.6 is 0 Å². The number of nitrogens with zero attached hydrogens (tertiary/aromatic N) is 2. The lowest BCUT2D eigenvalue weighted by Crippen LogP contribution is -2.27. The Kier molecular flexibility index (Phi) is 5.27. The Morgan fingerprint density at radius 2 is 1.54 bits per heavy atom. The molecule has 2 aliphatic rings. The first-order valence-electron chi connectivity index (χ1n) is 8.96. The average molecular weight is 318 g/mol. The first kappa shape index (κ1) is 16.7. The van der Waals surface area contributed by atoms with Crippen molar-refractivity contribution in [2.75, 3.05) is 20.1 Å². The van der Waals surface area contributed by atoms with Crippen LogP contribution in [0.25, 0.3) is 17.7 Å². The van der Waals surface area contributed by atoms with E-state index in [1.54, 1.807) is 5.57 Å². The molecule has 2 heterocycles. The van der Waals surface area contributed by atoms with Crippen LogP contribution in [0.1, 0.15) is 49.1 Å². The van der Waals surface area contributed by atoms with Gasteiger partial charge in [-0.15, -0.1) is 0 Å². The molecule has 0 bridgehead atoms. The van der Waals surface area contributed by atoms with Crippen LogP contribution in [-0.4, -0.2) is 30.0 Å². The Labute approximate surface area is 145 Å². The SMILES string of the molecule is CC.CN1CCC(=C2c3ccccc3C=Cc3cccnc32)CC1. The first-order chi connectivity index (χ1) is 11.8. The largest absolute Gasteiger partial charge is 0.306 e. The molecule has 1 aromatic carbocycles. The van der Waals surface area contributed by atoms with Crippen LogP contribution in [0.4, 0.5) is 0 Å². The number of hydrogen-bond acceptors (Lipinski definition) is 2. The van der Waals surface area contributed by atoms with Crippen molar-refractivity contribution in [3.8, 4) is 0 Å². The van der Waals surface area contributed by atoms with Gasteiger partial charge < -0.3 is 4.90 Å². The van der Waals surface area contributed by atoms with E-state index in [2.05, 4.69) is 54.4 Å². The van der Waals surface area contributed by atoms with Crippen LogP contribution in [0.5, 0.6) is 0 Å². The summed E-state index contributed by atoms with van der Waals surface area (Å²) in [7, 11) is 2.20. The molecule has 1 aliphatic carbocycles. The highest BCUT2D eigenvalue weighted by Gasteiger charge is 2.22. The number of fused-ring (bicyclic) bond motifs is 2. The van der Waals surface area contributed by atoms with Gasteiger partial charge in [-0.05, 0) is 37.1 Å². The standard InChI is InChI=1S/C20H20N2.C2H6/c1-22-13-10-16(11-14-22)19-18-7-3-2-5-15(18)8-9-17-6-4-12-21-20(17)19;1-2/h2-9,12H,10-11,13-14H2,1H3;1-2H3. The van der Waals surface area contributed by atoms with Crippen LogP contribution in [0.2, 0.25) is 0 Å². The Balaban J connectivity index is 0.000000815. The predicted octanol–water partition coefficient (Wildman–Crippen LogP) is 5.12. The molecule has 1 aromatic heterocycles. The molecule has 2 nitrogen and oxygen atoms in total. The summed E-state index contributed by atoms with van der Waals surface area (Å²) in [6.45, 7) is 6.27. The second-order valence-electron chi connectivity index (χ2n) is 6.14. The Morgan fingerprint density at radius 1 is 0.875 bits per heavy atom. The summed E-state index contributed by atoms with van der Waals surface area (Å²) in [4.78, 5) is 7.14. The highest BCUT2D eigenvalue weighted by Crippen LogP contribution is 2.37. The first-order valence-corrected chi connectivity index (χ1v) is 8.96. The van der Waals surface area contributed by atoms with E-state index < -0.39 is 0 Å². The van der Waals surface area contributed by atoms with Gasteiger partial charge in [0.1, 0.15) is 0 Å². The normalized spacial score (nSPS) is 16.6. The third-order valence-corrected chi connectivity index (χ3v) is 4.69. The molecule has 0 N–H and O–H groups in total. The van der Waals surface area contributed by atoms with Gasteiger partial charge in [0.25, 0.3) is 0 Å². The lowest BCUT2D eigenvalue weighted by Gasteiger charge is -2.27. The fraction of sp³-hybridized carbons (Fsp3) is 0.318. The molecule has 1 aliphatic heterocycles. The highest BCUT2D eigenvalue weighted by molar-refractivity contribution is 5.93. The van der Waals surface area contributed by atoms with Crippen LogP contribution in [-0.2, 0) is 0 Å². The van der Waals surface area contributed by atoms with E-state index in [-0.39, 0.29) is 0 Å². The molecular formula is C22H26N2. The monoisotopic (exact) mass is 318 g/mol. The lowest BCUT2D eigenvalue weighted by atomic mass is 9.88. The fourth-order valence-corrected chi connectivity index (χ4v) is 3.43.